The molecule has 2 aromatic carbocycles. The van der Waals surface area contributed by atoms with E-state index in [0.29, 0.717) is 5.56 Å². The number of rotatable bonds is 5. The van der Waals surface area contributed by atoms with E-state index in [1.807, 2.05) is 60.7 Å². The maximum atomic E-state index is 14.8. The fraction of sp³-hybridized carbons (Fsp3) is 0.100. The van der Waals surface area contributed by atoms with Gasteiger partial charge in [-0.25, -0.2) is 9.37 Å². The highest BCUT2D eigenvalue weighted by Gasteiger charge is 2.38. The molecule has 3 rings (SSSR count). The van der Waals surface area contributed by atoms with Gasteiger partial charge in [0, 0.05) is 18.2 Å². The minimum absolute atomic E-state index is 0.202. The molecular weight excluding hydrogens is 339 g/mol. The molecule has 1 N–H and O–H groups in total. The maximum absolute atomic E-state index is 14.8. The second-order valence-electron chi connectivity index (χ2n) is 5.63. The topological polar surface area (TPSA) is 45.5 Å². The van der Waals surface area contributed by atoms with Gasteiger partial charge in [-0.1, -0.05) is 72.3 Å². The van der Waals surface area contributed by atoms with E-state index >= 15 is 0 Å². The Hall–Kier alpha value is -2.72. The van der Waals surface area contributed by atoms with Crippen LogP contribution in [-0.4, -0.2) is 16.4 Å². The molecule has 0 atom stereocenters. The zero-order valence-electron chi connectivity index (χ0n) is 13.3. The molecular formula is C20H16ClFN2O. The molecule has 126 valence electrons. The van der Waals surface area contributed by atoms with Crippen molar-refractivity contribution >= 4 is 17.8 Å². The third-order valence-corrected chi connectivity index (χ3v) is 4.50. The van der Waals surface area contributed by atoms with Crippen LogP contribution in [0.15, 0.2) is 78.1 Å². The average molecular weight is 355 g/mol. The lowest BCUT2D eigenvalue weighted by Crippen LogP contribution is -2.31. The molecule has 0 saturated heterocycles. The summed E-state index contributed by atoms with van der Waals surface area (Å²) in [5, 5.41) is 12.4. The Morgan fingerprint density at radius 3 is 2.12 bits per heavy atom. The van der Waals surface area contributed by atoms with Crippen LogP contribution in [0.3, 0.4) is 0 Å². The molecule has 3 aromatic rings. The summed E-state index contributed by atoms with van der Waals surface area (Å²) in [4.78, 5) is 3.83. The summed E-state index contributed by atoms with van der Waals surface area (Å²) >= 11 is 6.07. The predicted octanol–water partition coefficient (Wildman–Crippen LogP) is 5.06. The Balaban J connectivity index is 2.38. The van der Waals surface area contributed by atoms with E-state index in [2.05, 4.69) is 10.1 Å². The van der Waals surface area contributed by atoms with E-state index in [-0.39, 0.29) is 11.6 Å². The molecule has 0 aliphatic rings. The van der Waals surface area contributed by atoms with Crippen molar-refractivity contribution in [1.82, 2.24) is 4.98 Å². The van der Waals surface area contributed by atoms with E-state index < -0.39 is 11.2 Å². The highest BCUT2D eigenvalue weighted by atomic mass is 35.5. The lowest BCUT2D eigenvalue weighted by atomic mass is 9.67. The highest BCUT2D eigenvalue weighted by Crippen LogP contribution is 2.43. The smallest absolute Gasteiger partial charge is 0.146 e. The molecule has 5 heteroatoms. The molecule has 0 bridgehead atoms. The van der Waals surface area contributed by atoms with Crippen molar-refractivity contribution in [2.75, 3.05) is 0 Å². The van der Waals surface area contributed by atoms with Gasteiger partial charge in [0.1, 0.15) is 11.0 Å². The first kappa shape index (κ1) is 17.1. The molecule has 25 heavy (non-hydrogen) atoms. The Morgan fingerprint density at radius 2 is 1.60 bits per heavy atom. The lowest BCUT2D eigenvalue weighted by molar-refractivity contribution is 0.319. The Labute approximate surface area is 150 Å². The molecule has 0 aliphatic heterocycles. The zero-order valence-corrected chi connectivity index (χ0v) is 14.1. The summed E-state index contributed by atoms with van der Waals surface area (Å²) in [6.07, 6.45) is 2.75. The van der Waals surface area contributed by atoms with E-state index in [4.69, 9.17) is 16.8 Å². The van der Waals surface area contributed by atoms with Crippen LogP contribution in [-0.2, 0) is 5.41 Å². The van der Waals surface area contributed by atoms with Crippen LogP contribution in [0.5, 0.6) is 0 Å². The minimum atomic E-state index is -0.897. The van der Waals surface area contributed by atoms with Crippen LogP contribution in [0.1, 0.15) is 23.1 Å². The second kappa shape index (κ2) is 7.45. The third-order valence-electron chi connectivity index (χ3n) is 4.29. The van der Waals surface area contributed by atoms with Crippen LogP contribution >= 0.6 is 11.6 Å². The SMILES string of the molecule is ON=CCC(c1ccccc1)(c1ccccc1)c1cc(Cl)ncc1F. The second-order valence-corrected chi connectivity index (χ2v) is 6.01. The molecule has 0 fully saturated rings. The summed E-state index contributed by atoms with van der Waals surface area (Å²) in [5.41, 5.74) is 1.21. The maximum Gasteiger partial charge on any atom is 0.146 e. The highest BCUT2D eigenvalue weighted by molar-refractivity contribution is 6.29. The number of benzene rings is 2. The molecule has 0 spiro atoms. The standard InChI is InChI=1S/C20H16ClFN2O/c21-19-13-17(18(22)14-23-19)20(11-12-24-25,15-7-3-1-4-8-15)16-9-5-2-6-10-16/h1-10,12-14,25H,11H2. The number of hydrogen-bond donors (Lipinski definition) is 1. The van der Waals surface area contributed by atoms with Crippen molar-refractivity contribution in [1.29, 1.82) is 0 Å². The average Bonchev–Trinajstić information content (AvgIpc) is 2.67. The molecule has 1 heterocycles. The van der Waals surface area contributed by atoms with Crippen molar-refractivity contribution in [2.45, 2.75) is 11.8 Å². The van der Waals surface area contributed by atoms with Gasteiger partial charge in [0.25, 0.3) is 0 Å². The van der Waals surface area contributed by atoms with Gasteiger partial charge in [-0.15, -0.1) is 5.16 Å². The van der Waals surface area contributed by atoms with Crippen LogP contribution in [0.25, 0.3) is 0 Å². The molecule has 0 amide bonds. The number of hydrogen-bond acceptors (Lipinski definition) is 3. The molecule has 3 nitrogen and oxygen atoms in total. The Kier molecular flexibility index (Phi) is 5.10. The number of pyridine rings is 1. The van der Waals surface area contributed by atoms with Crippen molar-refractivity contribution < 1.29 is 9.60 Å². The fourth-order valence-corrected chi connectivity index (χ4v) is 3.34. The van der Waals surface area contributed by atoms with E-state index in [1.54, 1.807) is 0 Å². The summed E-state index contributed by atoms with van der Waals surface area (Å²) in [7, 11) is 0. The van der Waals surface area contributed by atoms with Gasteiger partial charge in [-0.3, -0.25) is 0 Å². The number of aromatic nitrogens is 1. The van der Waals surface area contributed by atoms with Gasteiger partial charge >= 0.3 is 0 Å². The summed E-state index contributed by atoms with van der Waals surface area (Å²) in [5.74, 6) is -0.469. The van der Waals surface area contributed by atoms with Crippen LogP contribution in [0, 0.1) is 5.82 Å². The molecule has 0 radical (unpaired) electrons. The number of nitrogens with zero attached hydrogens (tertiary/aromatic N) is 2. The van der Waals surface area contributed by atoms with Gasteiger partial charge in [0.15, 0.2) is 0 Å². The quantitative estimate of drug-likeness (QED) is 0.301. The van der Waals surface area contributed by atoms with Crippen molar-refractivity contribution in [3.8, 4) is 0 Å². The molecule has 0 aliphatic carbocycles. The van der Waals surface area contributed by atoms with Crippen LogP contribution in [0.2, 0.25) is 5.15 Å². The first-order valence-corrected chi connectivity index (χ1v) is 8.15. The monoisotopic (exact) mass is 354 g/mol. The van der Waals surface area contributed by atoms with E-state index in [0.717, 1.165) is 17.3 Å². The van der Waals surface area contributed by atoms with Crippen molar-refractivity contribution in [3.05, 3.63) is 101 Å². The van der Waals surface area contributed by atoms with Crippen LogP contribution < -0.4 is 0 Å². The molecule has 1 aromatic heterocycles. The first-order valence-electron chi connectivity index (χ1n) is 7.77. The summed E-state index contributed by atoms with van der Waals surface area (Å²) in [6.45, 7) is 0. The Morgan fingerprint density at radius 1 is 1.04 bits per heavy atom. The van der Waals surface area contributed by atoms with Gasteiger partial charge in [0.2, 0.25) is 0 Å². The molecule has 0 unspecified atom stereocenters. The van der Waals surface area contributed by atoms with E-state index in [9.17, 15) is 4.39 Å². The molecule has 0 saturated carbocycles. The third kappa shape index (κ3) is 3.26. The Bertz CT molecular complexity index is 830. The fourth-order valence-electron chi connectivity index (χ4n) is 3.19. The van der Waals surface area contributed by atoms with E-state index in [1.165, 1.54) is 12.3 Å². The van der Waals surface area contributed by atoms with Gasteiger partial charge < -0.3 is 5.21 Å². The van der Waals surface area contributed by atoms with Crippen molar-refractivity contribution in [2.24, 2.45) is 5.16 Å². The lowest BCUT2D eigenvalue weighted by Gasteiger charge is -2.35. The zero-order chi connectivity index (χ0) is 17.7. The first-order chi connectivity index (χ1) is 12.2. The van der Waals surface area contributed by atoms with Crippen molar-refractivity contribution in [3.63, 3.8) is 0 Å². The number of oxime groups is 1. The minimum Gasteiger partial charge on any atom is -0.411 e. The van der Waals surface area contributed by atoms with Gasteiger partial charge in [-0.2, -0.15) is 0 Å². The number of halogens is 2. The summed E-state index contributed by atoms with van der Waals surface area (Å²) in [6, 6.07) is 20.6. The summed E-state index contributed by atoms with van der Waals surface area (Å²) < 4.78 is 14.8. The van der Waals surface area contributed by atoms with Gasteiger partial charge in [0.05, 0.1) is 11.6 Å². The normalized spacial score (nSPS) is 11.8. The largest absolute Gasteiger partial charge is 0.411 e. The van der Waals surface area contributed by atoms with Gasteiger partial charge in [-0.05, 0) is 17.2 Å². The predicted molar refractivity (Wildman–Crippen MR) is 96.9 cm³/mol. The van der Waals surface area contributed by atoms with Crippen LogP contribution in [0.4, 0.5) is 4.39 Å².